The molecule has 0 bridgehead atoms. The lowest BCUT2D eigenvalue weighted by molar-refractivity contribution is 0.0954. The zero-order valence-electron chi connectivity index (χ0n) is 15.5. The van der Waals surface area contributed by atoms with Gasteiger partial charge in [0.15, 0.2) is 0 Å². The highest BCUT2D eigenvalue weighted by atomic mass is 127. The second-order valence-electron chi connectivity index (χ2n) is 6.24. The molecule has 0 aromatic heterocycles. The van der Waals surface area contributed by atoms with Crippen LogP contribution in [0.5, 0.6) is 5.75 Å². The minimum absolute atomic E-state index is 0.224. The Balaban J connectivity index is 1.65. The van der Waals surface area contributed by atoms with Gasteiger partial charge in [-0.2, -0.15) is 5.10 Å². The van der Waals surface area contributed by atoms with E-state index in [1.54, 1.807) is 12.3 Å². The zero-order chi connectivity index (χ0) is 20.8. The first-order valence-electron chi connectivity index (χ1n) is 8.69. The van der Waals surface area contributed by atoms with Gasteiger partial charge in [-0.1, -0.05) is 46.3 Å². The van der Waals surface area contributed by atoms with Crippen molar-refractivity contribution in [1.82, 2.24) is 5.43 Å². The summed E-state index contributed by atoms with van der Waals surface area (Å²) in [6.07, 6.45) is 1.64. The third kappa shape index (κ3) is 6.26. The molecule has 7 heteroatoms. The second-order valence-corrected chi connectivity index (χ2v) is 9.48. The van der Waals surface area contributed by atoms with Crippen LogP contribution < -0.4 is 10.2 Å². The normalized spacial score (nSPS) is 10.9. The van der Waals surface area contributed by atoms with Gasteiger partial charge in [-0.25, -0.2) is 5.43 Å². The molecule has 0 radical (unpaired) electrons. The summed E-state index contributed by atoms with van der Waals surface area (Å²) in [5, 5.41) is 4.10. The van der Waals surface area contributed by atoms with Crippen LogP contribution in [0.1, 0.15) is 27.0 Å². The number of carbonyl (C=O) groups excluding carboxylic acids is 1. The van der Waals surface area contributed by atoms with Crippen LogP contribution >= 0.6 is 61.1 Å². The molecule has 148 valence electrons. The van der Waals surface area contributed by atoms with Gasteiger partial charge in [0.25, 0.3) is 5.91 Å². The number of hydrogen-bond donors (Lipinski definition) is 1. The molecule has 0 aliphatic carbocycles. The number of nitrogens with zero attached hydrogens (tertiary/aromatic N) is 1. The Morgan fingerprint density at radius 3 is 2.41 bits per heavy atom. The molecule has 3 rings (SSSR count). The molecule has 0 heterocycles. The number of ether oxygens (including phenoxy) is 1. The van der Waals surface area contributed by atoms with Gasteiger partial charge < -0.3 is 4.74 Å². The van der Waals surface area contributed by atoms with Gasteiger partial charge >= 0.3 is 0 Å². The Morgan fingerprint density at radius 2 is 1.76 bits per heavy atom. The van der Waals surface area contributed by atoms with Gasteiger partial charge in [-0.15, -0.1) is 0 Å². The number of amides is 1. The quantitative estimate of drug-likeness (QED) is 0.189. The summed E-state index contributed by atoms with van der Waals surface area (Å²) in [5.41, 5.74) is 6.10. The summed E-state index contributed by atoms with van der Waals surface area (Å²) in [6, 6.07) is 19.4. The van der Waals surface area contributed by atoms with E-state index < -0.39 is 0 Å². The minimum Gasteiger partial charge on any atom is -0.487 e. The molecule has 4 nitrogen and oxygen atoms in total. The largest absolute Gasteiger partial charge is 0.487 e. The van der Waals surface area contributed by atoms with Crippen LogP contribution in [0.3, 0.4) is 0 Å². The van der Waals surface area contributed by atoms with Gasteiger partial charge in [0, 0.05) is 10.0 Å². The van der Waals surface area contributed by atoms with Crippen molar-refractivity contribution in [3.63, 3.8) is 0 Å². The maximum atomic E-state index is 12.2. The van der Waals surface area contributed by atoms with Crippen molar-refractivity contribution in [3.05, 3.63) is 94.5 Å². The lowest BCUT2D eigenvalue weighted by Gasteiger charge is -2.11. The van der Waals surface area contributed by atoms with E-state index in [9.17, 15) is 4.79 Å². The number of hydrogen-bond acceptors (Lipinski definition) is 3. The highest BCUT2D eigenvalue weighted by Gasteiger charge is 2.10. The van der Waals surface area contributed by atoms with Gasteiger partial charge in [-0.05, 0) is 99.1 Å². The van der Waals surface area contributed by atoms with Gasteiger partial charge in [0.2, 0.25) is 0 Å². The fourth-order valence-electron chi connectivity index (χ4n) is 2.58. The van der Waals surface area contributed by atoms with Crippen molar-refractivity contribution in [2.24, 2.45) is 5.10 Å². The van der Waals surface area contributed by atoms with Crippen LogP contribution in [0, 0.1) is 14.1 Å². The SMILES string of the molecule is Cc1ccccc1C(=O)N/N=C\c1cc(I)c(OCc2ccc(Br)cc2)c(I)c1. The van der Waals surface area contributed by atoms with Gasteiger partial charge in [0.05, 0.1) is 13.4 Å². The number of halogens is 3. The molecule has 3 aromatic carbocycles. The topological polar surface area (TPSA) is 50.7 Å². The van der Waals surface area contributed by atoms with Crippen molar-refractivity contribution in [2.45, 2.75) is 13.5 Å². The van der Waals surface area contributed by atoms with E-state index in [4.69, 9.17) is 4.74 Å². The molecule has 1 amide bonds. The number of hydrazone groups is 1. The molecule has 0 atom stereocenters. The first-order valence-corrected chi connectivity index (χ1v) is 11.6. The van der Waals surface area contributed by atoms with E-state index in [0.717, 1.165) is 34.1 Å². The second kappa shape index (κ2) is 10.5. The van der Waals surface area contributed by atoms with Crippen LogP contribution in [0.15, 0.2) is 70.2 Å². The monoisotopic (exact) mass is 674 g/mol. The van der Waals surface area contributed by atoms with Crippen molar-refractivity contribution < 1.29 is 9.53 Å². The average Bonchev–Trinajstić information content (AvgIpc) is 2.69. The van der Waals surface area contributed by atoms with Crippen molar-refractivity contribution in [2.75, 3.05) is 0 Å². The standard InChI is InChI=1S/C22H17BrI2N2O2/c1-14-4-2-3-5-18(14)22(28)27-26-12-16-10-19(24)21(20(25)11-16)29-13-15-6-8-17(23)9-7-15/h2-12H,13H2,1H3,(H,27,28)/b26-12-. The van der Waals surface area contributed by atoms with E-state index in [2.05, 4.69) is 71.6 Å². The van der Waals surface area contributed by atoms with E-state index in [1.165, 1.54) is 0 Å². The Morgan fingerprint density at radius 1 is 1.10 bits per heavy atom. The molecule has 3 aromatic rings. The highest BCUT2D eigenvalue weighted by molar-refractivity contribution is 14.1. The summed E-state index contributed by atoms with van der Waals surface area (Å²) in [4.78, 5) is 12.2. The summed E-state index contributed by atoms with van der Waals surface area (Å²) < 4.78 is 9.03. The molecule has 0 spiro atoms. The molecule has 0 saturated heterocycles. The van der Waals surface area contributed by atoms with Crippen LogP contribution in [-0.4, -0.2) is 12.1 Å². The third-order valence-corrected chi connectivity index (χ3v) is 6.22. The van der Waals surface area contributed by atoms with Gasteiger partial charge in [-0.3, -0.25) is 4.79 Å². The third-order valence-electron chi connectivity index (χ3n) is 4.09. The Labute approximate surface area is 205 Å². The molecule has 29 heavy (non-hydrogen) atoms. The summed E-state index contributed by atoms with van der Waals surface area (Å²) in [7, 11) is 0. The number of rotatable bonds is 6. The van der Waals surface area contributed by atoms with E-state index in [-0.39, 0.29) is 5.91 Å². The number of aryl methyl sites for hydroxylation is 1. The summed E-state index contributed by atoms with van der Waals surface area (Å²) >= 11 is 7.94. The summed E-state index contributed by atoms with van der Waals surface area (Å²) in [5.74, 6) is 0.619. The Hall–Kier alpha value is -1.46. The first kappa shape index (κ1) is 22.2. The minimum atomic E-state index is -0.224. The number of benzene rings is 3. The predicted octanol–water partition coefficient (Wildman–Crippen LogP) is 6.31. The maximum absolute atomic E-state index is 12.2. The lowest BCUT2D eigenvalue weighted by atomic mass is 10.1. The molecule has 0 fully saturated rings. The smallest absolute Gasteiger partial charge is 0.271 e. The lowest BCUT2D eigenvalue weighted by Crippen LogP contribution is -2.18. The van der Waals surface area contributed by atoms with Crippen LogP contribution in [-0.2, 0) is 6.61 Å². The maximum Gasteiger partial charge on any atom is 0.271 e. The van der Waals surface area contributed by atoms with Crippen LogP contribution in [0.25, 0.3) is 0 Å². The molecule has 0 saturated carbocycles. The van der Waals surface area contributed by atoms with Crippen molar-refractivity contribution in [1.29, 1.82) is 0 Å². The van der Waals surface area contributed by atoms with E-state index >= 15 is 0 Å². The van der Waals surface area contributed by atoms with E-state index in [1.807, 2.05) is 61.5 Å². The van der Waals surface area contributed by atoms with Crippen molar-refractivity contribution >= 4 is 73.2 Å². The number of nitrogens with one attached hydrogen (secondary N) is 1. The fourth-order valence-corrected chi connectivity index (χ4v) is 4.97. The molecular formula is C22H17BrI2N2O2. The van der Waals surface area contributed by atoms with Crippen molar-refractivity contribution in [3.8, 4) is 5.75 Å². The van der Waals surface area contributed by atoms with E-state index in [0.29, 0.717) is 12.2 Å². The molecular weight excluding hydrogens is 658 g/mol. The average molecular weight is 675 g/mol. The Bertz CT molecular complexity index is 1030. The van der Waals surface area contributed by atoms with Crippen LogP contribution in [0.4, 0.5) is 0 Å². The predicted molar refractivity (Wildman–Crippen MR) is 137 cm³/mol. The van der Waals surface area contributed by atoms with Crippen LogP contribution in [0.2, 0.25) is 0 Å². The Kier molecular flexibility index (Phi) is 8.07. The molecule has 0 aliphatic heterocycles. The zero-order valence-corrected chi connectivity index (χ0v) is 21.4. The fraction of sp³-hybridized carbons (Fsp3) is 0.0909. The molecule has 0 aliphatic rings. The van der Waals surface area contributed by atoms with Gasteiger partial charge in [0.1, 0.15) is 12.4 Å². The molecule has 0 unspecified atom stereocenters. The molecule has 1 N–H and O–H groups in total. The highest BCUT2D eigenvalue weighted by Crippen LogP contribution is 2.29. The number of carbonyl (C=O) groups is 1. The first-order chi connectivity index (χ1) is 13.9. The summed E-state index contributed by atoms with van der Waals surface area (Å²) in [6.45, 7) is 2.40.